The van der Waals surface area contributed by atoms with E-state index in [1.807, 2.05) is 23.1 Å². The Morgan fingerprint density at radius 1 is 1.20 bits per heavy atom. The normalized spacial score (nSPS) is 17.2. The predicted molar refractivity (Wildman–Crippen MR) is 77.2 cm³/mol. The molecule has 3 amide bonds. The molecule has 0 spiro atoms. The molecule has 1 aliphatic heterocycles. The highest BCUT2D eigenvalue weighted by Crippen LogP contribution is 2.32. The van der Waals surface area contributed by atoms with E-state index in [0.29, 0.717) is 13.1 Å². The molecule has 0 radical (unpaired) electrons. The summed E-state index contributed by atoms with van der Waals surface area (Å²) in [6.07, 6.45) is 1.76. The van der Waals surface area contributed by atoms with E-state index in [2.05, 4.69) is 22.8 Å². The Labute approximate surface area is 119 Å². The van der Waals surface area contributed by atoms with Crippen LogP contribution in [0.5, 0.6) is 0 Å². The average molecular weight is 275 g/mol. The first-order valence-corrected chi connectivity index (χ1v) is 7.02. The topological polar surface area (TPSA) is 61.4 Å². The number of benzene rings is 1. The Kier molecular flexibility index (Phi) is 4.98. The smallest absolute Gasteiger partial charge is 0.317 e. The van der Waals surface area contributed by atoms with Crippen LogP contribution in [0.1, 0.15) is 31.4 Å². The molecule has 0 bridgehead atoms. The van der Waals surface area contributed by atoms with Crippen LogP contribution in [0, 0.1) is 0 Å². The van der Waals surface area contributed by atoms with Gasteiger partial charge < -0.3 is 15.5 Å². The molecule has 1 saturated heterocycles. The van der Waals surface area contributed by atoms with E-state index >= 15 is 0 Å². The van der Waals surface area contributed by atoms with Crippen molar-refractivity contribution >= 4 is 11.9 Å². The summed E-state index contributed by atoms with van der Waals surface area (Å²) in [5.41, 5.74) is 1.19. The van der Waals surface area contributed by atoms with Crippen molar-refractivity contribution in [1.29, 1.82) is 0 Å². The van der Waals surface area contributed by atoms with Gasteiger partial charge >= 0.3 is 6.03 Å². The third kappa shape index (κ3) is 3.73. The number of urea groups is 1. The molecular formula is C15H21N3O2. The molecule has 0 unspecified atom stereocenters. The first kappa shape index (κ1) is 14.4. The maximum Gasteiger partial charge on any atom is 0.317 e. The number of carbonyl (C=O) groups is 2. The van der Waals surface area contributed by atoms with Crippen LogP contribution in [0.15, 0.2) is 30.3 Å². The number of amides is 3. The number of likely N-dealkylation sites (tertiary alicyclic amines) is 1. The van der Waals surface area contributed by atoms with E-state index in [9.17, 15) is 9.59 Å². The molecule has 20 heavy (non-hydrogen) atoms. The highest BCUT2D eigenvalue weighted by molar-refractivity contribution is 5.75. The molecule has 0 aromatic heterocycles. The third-order valence-corrected chi connectivity index (χ3v) is 3.47. The summed E-state index contributed by atoms with van der Waals surface area (Å²) in [6, 6.07) is 10.3. The SMILES string of the molecule is CC(=O)NCCCNC(=O)N1CC[C@H]1c1ccccc1. The molecule has 0 aliphatic carbocycles. The van der Waals surface area contributed by atoms with Crippen molar-refractivity contribution in [2.45, 2.75) is 25.8 Å². The monoisotopic (exact) mass is 275 g/mol. The summed E-state index contributed by atoms with van der Waals surface area (Å²) in [6.45, 7) is 3.47. The number of carbonyl (C=O) groups excluding carboxylic acids is 2. The van der Waals surface area contributed by atoms with Crippen LogP contribution in [-0.4, -0.2) is 36.5 Å². The Morgan fingerprint density at radius 2 is 1.90 bits per heavy atom. The van der Waals surface area contributed by atoms with Gasteiger partial charge in [0.2, 0.25) is 5.91 Å². The Bertz CT molecular complexity index is 461. The molecule has 1 aromatic carbocycles. The van der Waals surface area contributed by atoms with E-state index in [4.69, 9.17) is 0 Å². The highest BCUT2D eigenvalue weighted by Gasteiger charge is 2.32. The summed E-state index contributed by atoms with van der Waals surface area (Å²) in [5, 5.41) is 5.60. The zero-order chi connectivity index (χ0) is 14.4. The fourth-order valence-corrected chi connectivity index (χ4v) is 2.30. The molecule has 5 heteroatoms. The first-order valence-electron chi connectivity index (χ1n) is 7.02. The van der Waals surface area contributed by atoms with Crippen molar-refractivity contribution < 1.29 is 9.59 Å². The fourth-order valence-electron chi connectivity index (χ4n) is 2.30. The minimum Gasteiger partial charge on any atom is -0.356 e. The summed E-state index contributed by atoms with van der Waals surface area (Å²) >= 11 is 0. The lowest BCUT2D eigenvalue weighted by molar-refractivity contribution is -0.118. The van der Waals surface area contributed by atoms with Gasteiger partial charge in [-0.2, -0.15) is 0 Å². The molecule has 2 N–H and O–H groups in total. The number of nitrogens with one attached hydrogen (secondary N) is 2. The van der Waals surface area contributed by atoms with E-state index in [-0.39, 0.29) is 18.0 Å². The van der Waals surface area contributed by atoms with Gasteiger partial charge in [-0.3, -0.25) is 4.79 Å². The van der Waals surface area contributed by atoms with Crippen molar-refractivity contribution in [2.24, 2.45) is 0 Å². The molecule has 1 aliphatic rings. The number of nitrogens with zero attached hydrogens (tertiary/aromatic N) is 1. The van der Waals surface area contributed by atoms with E-state index in [1.165, 1.54) is 12.5 Å². The lowest BCUT2D eigenvalue weighted by Crippen LogP contribution is -2.50. The second kappa shape index (κ2) is 6.93. The average Bonchev–Trinajstić information content (AvgIpc) is 2.38. The van der Waals surface area contributed by atoms with Gasteiger partial charge in [0.05, 0.1) is 6.04 Å². The van der Waals surface area contributed by atoms with Crippen molar-refractivity contribution in [3.63, 3.8) is 0 Å². The molecule has 2 rings (SSSR count). The summed E-state index contributed by atoms with van der Waals surface area (Å²) in [4.78, 5) is 24.6. The van der Waals surface area contributed by atoms with Crippen molar-refractivity contribution in [2.75, 3.05) is 19.6 Å². The summed E-state index contributed by atoms with van der Waals surface area (Å²) in [7, 11) is 0. The maximum atomic E-state index is 12.0. The van der Waals surface area contributed by atoms with E-state index in [0.717, 1.165) is 19.4 Å². The van der Waals surface area contributed by atoms with E-state index in [1.54, 1.807) is 0 Å². The molecule has 1 atom stereocenters. The lowest BCUT2D eigenvalue weighted by atomic mass is 9.95. The van der Waals surface area contributed by atoms with Crippen LogP contribution in [-0.2, 0) is 4.79 Å². The van der Waals surface area contributed by atoms with Crippen LogP contribution >= 0.6 is 0 Å². The van der Waals surface area contributed by atoms with Gasteiger partial charge in [0.25, 0.3) is 0 Å². The van der Waals surface area contributed by atoms with Gasteiger partial charge in [0.1, 0.15) is 0 Å². The largest absolute Gasteiger partial charge is 0.356 e. The highest BCUT2D eigenvalue weighted by atomic mass is 16.2. The maximum absolute atomic E-state index is 12.0. The zero-order valence-corrected chi connectivity index (χ0v) is 11.8. The Hall–Kier alpha value is -2.04. The van der Waals surface area contributed by atoms with Gasteiger partial charge in [-0.15, -0.1) is 0 Å². The van der Waals surface area contributed by atoms with Crippen LogP contribution in [0.2, 0.25) is 0 Å². The molecule has 0 saturated carbocycles. The minimum atomic E-state index is -0.0387. The van der Waals surface area contributed by atoms with E-state index < -0.39 is 0 Å². The van der Waals surface area contributed by atoms with Crippen molar-refractivity contribution in [3.8, 4) is 0 Å². The number of hydrogen-bond acceptors (Lipinski definition) is 2. The van der Waals surface area contributed by atoms with Crippen molar-refractivity contribution in [1.82, 2.24) is 15.5 Å². The van der Waals surface area contributed by atoms with Gasteiger partial charge in [0, 0.05) is 26.6 Å². The number of hydrogen-bond donors (Lipinski definition) is 2. The number of rotatable bonds is 5. The van der Waals surface area contributed by atoms with Crippen LogP contribution in [0.25, 0.3) is 0 Å². The second-order valence-electron chi connectivity index (χ2n) is 4.98. The fraction of sp³-hybridized carbons (Fsp3) is 0.467. The van der Waals surface area contributed by atoms with Crippen LogP contribution in [0.4, 0.5) is 4.79 Å². The third-order valence-electron chi connectivity index (χ3n) is 3.47. The van der Waals surface area contributed by atoms with Gasteiger partial charge in [-0.25, -0.2) is 4.79 Å². The molecule has 1 fully saturated rings. The lowest BCUT2D eigenvalue weighted by Gasteiger charge is -2.41. The predicted octanol–water partition coefficient (Wildman–Crippen LogP) is 1.67. The molecule has 5 nitrogen and oxygen atoms in total. The quantitative estimate of drug-likeness (QED) is 0.803. The zero-order valence-electron chi connectivity index (χ0n) is 11.8. The Balaban J connectivity index is 1.72. The van der Waals surface area contributed by atoms with Crippen LogP contribution in [0.3, 0.4) is 0 Å². The van der Waals surface area contributed by atoms with Crippen LogP contribution < -0.4 is 10.6 Å². The van der Waals surface area contributed by atoms with Gasteiger partial charge in [-0.1, -0.05) is 30.3 Å². The second-order valence-corrected chi connectivity index (χ2v) is 4.98. The van der Waals surface area contributed by atoms with Gasteiger partial charge in [0.15, 0.2) is 0 Å². The van der Waals surface area contributed by atoms with Crippen molar-refractivity contribution in [3.05, 3.63) is 35.9 Å². The minimum absolute atomic E-state index is 0.0204. The molecule has 1 aromatic rings. The molecular weight excluding hydrogens is 254 g/mol. The summed E-state index contributed by atoms with van der Waals surface area (Å²) in [5.74, 6) is -0.0387. The molecule has 108 valence electrons. The first-order chi connectivity index (χ1) is 9.68. The summed E-state index contributed by atoms with van der Waals surface area (Å²) < 4.78 is 0. The Morgan fingerprint density at radius 3 is 2.50 bits per heavy atom. The van der Waals surface area contributed by atoms with Gasteiger partial charge in [-0.05, 0) is 18.4 Å². The standard InChI is InChI=1S/C15H21N3O2/c1-12(19)16-9-5-10-17-15(20)18-11-8-14(18)13-6-3-2-4-7-13/h2-4,6-7,14H,5,8-11H2,1H3,(H,16,19)(H,17,20)/t14-/m0/s1. The molecule has 1 heterocycles.